The van der Waals surface area contributed by atoms with Gasteiger partial charge in [-0.05, 0) is 19.8 Å². The summed E-state index contributed by atoms with van der Waals surface area (Å²) in [4.78, 5) is 0. The lowest BCUT2D eigenvalue weighted by Crippen LogP contribution is -2.39. The molecule has 0 amide bonds. The highest BCUT2D eigenvalue weighted by molar-refractivity contribution is 5.13. The first-order chi connectivity index (χ1) is 13.2. The molecule has 1 aromatic carbocycles. The second-order valence-electron chi connectivity index (χ2n) is 10.1. The number of hydrogen-bond donors (Lipinski definition) is 0. The molecule has 164 valence electrons. The third-order valence-corrected chi connectivity index (χ3v) is 5.47. The van der Waals surface area contributed by atoms with E-state index in [1.807, 2.05) is 0 Å². The van der Waals surface area contributed by atoms with Crippen LogP contribution in [-0.2, 0) is 6.54 Å². The van der Waals surface area contributed by atoms with Crippen LogP contribution in [0.5, 0.6) is 0 Å². The fourth-order valence-corrected chi connectivity index (χ4v) is 3.32. The van der Waals surface area contributed by atoms with Crippen LogP contribution in [0.2, 0.25) is 0 Å². The standard InChI is InChI=1S/C16H36N.C10H16N/c1-5-7-8-9-10-11-12-13-14-15-16-17(3,4)6-2;1-11(2,3)9-10-7-5-4-6-8-10/h5-16H2,1-4H3;4-8H,9H2,1-3H3/q2*+1. The van der Waals surface area contributed by atoms with E-state index >= 15 is 0 Å². The summed E-state index contributed by atoms with van der Waals surface area (Å²) in [7, 11) is 11.3. The SMILES string of the molecule is CCCCCCCCCCCC[N+](C)(C)CC.C[N+](C)(C)Cc1ccccc1. The van der Waals surface area contributed by atoms with Gasteiger partial charge in [0, 0.05) is 5.56 Å². The fraction of sp³-hybridized carbons (Fsp3) is 0.769. The zero-order valence-corrected chi connectivity index (χ0v) is 20.5. The summed E-state index contributed by atoms with van der Waals surface area (Å²) >= 11 is 0. The molecule has 28 heavy (non-hydrogen) atoms. The summed E-state index contributed by atoms with van der Waals surface area (Å²) in [6.45, 7) is 8.29. The Balaban J connectivity index is 0.000000567. The first-order valence-electron chi connectivity index (χ1n) is 11.9. The summed E-state index contributed by atoms with van der Waals surface area (Å²) in [5.41, 5.74) is 1.40. The smallest absolute Gasteiger partial charge is 0.104 e. The van der Waals surface area contributed by atoms with Crippen LogP contribution in [0.4, 0.5) is 0 Å². The lowest BCUT2D eigenvalue weighted by atomic mass is 10.1. The minimum atomic E-state index is 0.990. The van der Waals surface area contributed by atoms with Gasteiger partial charge in [0.05, 0.1) is 48.3 Å². The van der Waals surface area contributed by atoms with Crippen LogP contribution < -0.4 is 0 Å². The van der Waals surface area contributed by atoms with Gasteiger partial charge in [0.25, 0.3) is 0 Å². The fourth-order valence-electron chi connectivity index (χ4n) is 3.32. The molecular formula is C26H52N2+2. The molecule has 0 aliphatic heterocycles. The molecule has 1 aromatic rings. The molecule has 0 aliphatic carbocycles. The largest absolute Gasteiger partial charge is 0.329 e. The van der Waals surface area contributed by atoms with Gasteiger partial charge in [-0.2, -0.15) is 0 Å². The van der Waals surface area contributed by atoms with Crippen LogP contribution in [0.3, 0.4) is 0 Å². The molecule has 0 radical (unpaired) electrons. The maximum Gasteiger partial charge on any atom is 0.104 e. The van der Waals surface area contributed by atoms with E-state index in [1.165, 1.54) is 87.3 Å². The van der Waals surface area contributed by atoms with E-state index in [2.05, 4.69) is 79.4 Å². The first-order valence-corrected chi connectivity index (χ1v) is 11.9. The molecule has 0 unspecified atom stereocenters. The van der Waals surface area contributed by atoms with Crippen LogP contribution in [0.15, 0.2) is 30.3 Å². The van der Waals surface area contributed by atoms with E-state index in [9.17, 15) is 0 Å². The van der Waals surface area contributed by atoms with Crippen LogP contribution in [-0.4, -0.2) is 57.3 Å². The molecule has 0 atom stereocenters. The number of nitrogens with zero attached hydrogens (tertiary/aromatic N) is 2. The Labute approximate surface area is 178 Å². The Hall–Kier alpha value is -0.860. The first kappa shape index (κ1) is 27.1. The maximum absolute atomic E-state index is 2.34. The zero-order valence-electron chi connectivity index (χ0n) is 20.5. The summed E-state index contributed by atoms with van der Waals surface area (Å²) in [5, 5.41) is 0. The van der Waals surface area contributed by atoms with Gasteiger partial charge in [-0.3, -0.25) is 0 Å². The van der Waals surface area contributed by atoms with Crippen molar-refractivity contribution in [3.63, 3.8) is 0 Å². The second kappa shape index (κ2) is 16.0. The normalized spacial score (nSPS) is 11.8. The predicted octanol–water partition coefficient (Wildman–Crippen LogP) is 6.90. The van der Waals surface area contributed by atoms with E-state index in [-0.39, 0.29) is 0 Å². The Morgan fingerprint density at radius 3 is 1.50 bits per heavy atom. The molecule has 0 fully saturated rings. The molecule has 0 heterocycles. The number of unbranched alkanes of at least 4 members (excludes halogenated alkanes) is 9. The zero-order chi connectivity index (χ0) is 21.3. The van der Waals surface area contributed by atoms with Gasteiger partial charge in [0.1, 0.15) is 6.54 Å². The molecular weight excluding hydrogens is 340 g/mol. The van der Waals surface area contributed by atoms with Crippen molar-refractivity contribution in [3.05, 3.63) is 35.9 Å². The van der Waals surface area contributed by atoms with Gasteiger partial charge in [0.2, 0.25) is 0 Å². The summed E-state index contributed by atoms with van der Waals surface area (Å²) < 4.78 is 2.18. The molecule has 0 saturated heterocycles. The third kappa shape index (κ3) is 18.5. The number of rotatable bonds is 14. The van der Waals surface area contributed by atoms with E-state index < -0.39 is 0 Å². The highest BCUT2D eigenvalue weighted by Gasteiger charge is 2.10. The van der Waals surface area contributed by atoms with E-state index in [1.54, 1.807) is 0 Å². The van der Waals surface area contributed by atoms with Gasteiger partial charge in [-0.1, -0.05) is 88.6 Å². The van der Waals surface area contributed by atoms with Crippen LogP contribution in [0.1, 0.15) is 83.6 Å². The molecule has 2 heteroatoms. The second-order valence-corrected chi connectivity index (χ2v) is 10.1. The monoisotopic (exact) mass is 392 g/mol. The highest BCUT2D eigenvalue weighted by Crippen LogP contribution is 2.11. The molecule has 0 saturated carbocycles. The molecule has 0 aromatic heterocycles. The molecule has 2 nitrogen and oxygen atoms in total. The average Bonchev–Trinajstić information content (AvgIpc) is 2.63. The topological polar surface area (TPSA) is 0 Å². The molecule has 0 spiro atoms. The number of benzene rings is 1. The van der Waals surface area contributed by atoms with Gasteiger partial charge < -0.3 is 8.97 Å². The summed E-state index contributed by atoms with van der Waals surface area (Å²) in [6, 6.07) is 10.6. The number of quaternary nitrogens is 2. The Bertz CT molecular complexity index is 445. The third-order valence-electron chi connectivity index (χ3n) is 5.47. The van der Waals surface area contributed by atoms with Gasteiger partial charge >= 0.3 is 0 Å². The minimum Gasteiger partial charge on any atom is -0.329 e. The van der Waals surface area contributed by atoms with Crippen molar-refractivity contribution in [2.75, 3.05) is 48.3 Å². The van der Waals surface area contributed by atoms with Crippen molar-refractivity contribution in [1.29, 1.82) is 0 Å². The van der Waals surface area contributed by atoms with Crippen molar-refractivity contribution < 1.29 is 8.97 Å². The summed E-state index contributed by atoms with van der Waals surface area (Å²) in [5.74, 6) is 0. The Kier molecular flexibility index (Phi) is 15.5. The highest BCUT2D eigenvalue weighted by atomic mass is 15.3. The van der Waals surface area contributed by atoms with Gasteiger partial charge in [-0.15, -0.1) is 0 Å². The Morgan fingerprint density at radius 2 is 1.07 bits per heavy atom. The van der Waals surface area contributed by atoms with Gasteiger partial charge in [-0.25, -0.2) is 0 Å². The molecule has 1 rings (SSSR count). The van der Waals surface area contributed by atoms with Crippen molar-refractivity contribution in [3.8, 4) is 0 Å². The summed E-state index contributed by atoms with van der Waals surface area (Å²) in [6.07, 6.45) is 14.4. The molecule has 0 aliphatic rings. The lowest BCUT2D eigenvalue weighted by Gasteiger charge is -2.28. The molecule has 0 N–H and O–H groups in total. The number of hydrogen-bond acceptors (Lipinski definition) is 0. The van der Waals surface area contributed by atoms with Crippen LogP contribution in [0.25, 0.3) is 0 Å². The molecule has 0 bridgehead atoms. The quantitative estimate of drug-likeness (QED) is 0.239. The average molecular weight is 393 g/mol. The predicted molar refractivity (Wildman–Crippen MR) is 128 cm³/mol. The van der Waals surface area contributed by atoms with Crippen molar-refractivity contribution in [2.45, 2.75) is 84.6 Å². The van der Waals surface area contributed by atoms with E-state index in [4.69, 9.17) is 0 Å². The van der Waals surface area contributed by atoms with Crippen molar-refractivity contribution in [2.24, 2.45) is 0 Å². The van der Waals surface area contributed by atoms with Crippen LogP contribution in [0, 0.1) is 0 Å². The maximum atomic E-state index is 2.34. The van der Waals surface area contributed by atoms with E-state index in [0.717, 1.165) is 11.0 Å². The van der Waals surface area contributed by atoms with Crippen molar-refractivity contribution >= 4 is 0 Å². The van der Waals surface area contributed by atoms with Gasteiger partial charge in [0.15, 0.2) is 0 Å². The minimum absolute atomic E-state index is 0.990. The van der Waals surface area contributed by atoms with Crippen LogP contribution >= 0.6 is 0 Å². The Morgan fingerprint density at radius 1 is 0.607 bits per heavy atom. The van der Waals surface area contributed by atoms with Crippen molar-refractivity contribution in [1.82, 2.24) is 0 Å². The lowest BCUT2D eigenvalue weighted by molar-refractivity contribution is -0.888. The van der Waals surface area contributed by atoms with E-state index in [0.29, 0.717) is 0 Å².